The topological polar surface area (TPSA) is 76.1 Å². The van der Waals surface area contributed by atoms with Gasteiger partial charge in [0.2, 0.25) is 0 Å². The van der Waals surface area contributed by atoms with Crippen LogP contribution in [-0.2, 0) is 14.6 Å². The van der Waals surface area contributed by atoms with Crippen molar-refractivity contribution in [3.05, 3.63) is 18.3 Å². The number of hydrogen-bond acceptors (Lipinski definition) is 4. The first-order valence-electron chi connectivity index (χ1n) is 4.78. The summed E-state index contributed by atoms with van der Waals surface area (Å²) in [5, 5.41) is 0.883. The monoisotopic (exact) mass is 318 g/mol. The largest absolute Gasteiger partial charge is 0.463 e. The first kappa shape index (κ1) is 16.3. The van der Waals surface area contributed by atoms with Crippen LogP contribution in [0.25, 0.3) is 0 Å². The number of nitrogens with one attached hydrogen (secondary N) is 1. The molecule has 5 nitrogen and oxygen atoms in total. The highest BCUT2D eigenvalue weighted by Crippen LogP contribution is 2.36. The van der Waals surface area contributed by atoms with Gasteiger partial charge in [-0.2, -0.15) is 22.0 Å². The molecular formula is C9H7F5N2O3S. The van der Waals surface area contributed by atoms with Crippen LogP contribution in [0.5, 0.6) is 0 Å². The lowest BCUT2D eigenvalue weighted by Gasteiger charge is -2.18. The highest BCUT2D eigenvalue weighted by molar-refractivity contribution is 7.90. The Kier molecular flexibility index (Phi) is 4.04. The van der Waals surface area contributed by atoms with Gasteiger partial charge in [0.05, 0.1) is 11.9 Å². The third kappa shape index (κ3) is 3.40. The number of carbonyl (C=O) groups is 1. The van der Waals surface area contributed by atoms with Gasteiger partial charge in [-0.1, -0.05) is 0 Å². The Balaban J connectivity index is 2.93. The van der Waals surface area contributed by atoms with Crippen molar-refractivity contribution in [2.24, 2.45) is 0 Å². The number of amides is 1. The molecule has 0 saturated heterocycles. The number of nitrogens with zero attached hydrogens (tertiary/aromatic N) is 1. The highest BCUT2D eigenvalue weighted by atomic mass is 32.2. The number of rotatable bonds is 3. The predicted octanol–water partition coefficient (Wildman–Crippen LogP) is 1.62. The van der Waals surface area contributed by atoms with E-state index in [1.54, 1.807) is 0 Å². The minimum Gasteiger partial charge on any atom is -0.319 e. The van der Waals surface area contributed by atoms with E-state index in [1.165, 1.54) is 5.32 Å². The number of halogens is 5. The van der Waals surface area contributed by atoms with Crippen LogP contribution in [0.4, 0.5) is 27.6 Å². The molecule has 11 heteroatoms. The molecule has 0 radical (unpaired) electrons. The van der Waals surface area contributed by atoms with Crippen LogP contribution < -0.4 is 5.32 Å². The molecule has 1 amide bonds. The summed E-state index contributed by atoms with van der Waals surface area (Å²) in [5.41, 5.74) is -0.494. The van der Waals surface area contributed by atoms with Gasteiger partial charge in [-0.05, 0) is 12.1 Å². The van der Waals surface area contributed by atoms with E-state index in [1.807, 2.05) is 0 Å². The maximum absolute atomic E-state index is 12.6. The summed E-state index contributed by atoms with van der Waals surface area (Å²) < 4.78 is 83.0. The Hall–Kier alpha value is -1.78. The number of pyridine rings is 1. The van der Waals surface area contributed by atoms with Crippen molar-refractivity contribution in [1.29, 1.82) is 0 Å². The first-order valence-corrected chi connectivity index (χ1v) is 6.67. The third-order valence-corrected chi connectivity index (χ3v) is 3.02. The molecule has 0 aliphatic carbocycles. The van der Waals surface area contributed by atoms with Gasteiger partial charge in [-0.15, -0.1) is 0 Å². The van der Waals surface area contributed by atoms with Gasteiger partial charge < -0.3 is 5.32 Å². The van der Waals surface area contributed by atoms with Crippen LogP contribution in [0, 0.1) is 0 Å². The summed E-state index contributed by atoms with van der Waals surface area (Å²) in [6.07, 6.45) is -4.55. The van der Waals surface area contributed by atoms with Crippen LogP contribution in [0.2, 0.25) is 0 Å². The van der Waals surface area contributed by atoms with Gasteiger partial charge in [0, 0.05) is 6.26 Å². The molecule has 0 saturated carbocycles. The lowest BCUT2D eigenvalue weighted by molar-refractivity contribution is -0.267. The summed E-state index contributed by atoms with van der Waals surface area (Å²) in [5.74, 6) is -8.15. The fourth-order valence-corrected chi connectivity index (χ4v) is 1.57. The van der Waals surface area contributed by atoms with Crippen molar-refractivity contribution in [3.63, 3.8) is 0 Å². The van der Waals surface area contributed by atoms with Gasteiger partial charge in [-0.3, -0.25) is 4.79 Å². The van der Waals surface area contributed by atoms with E-state index in [4.69, 9.17) is 0 Å². The average Bonchev–Trinajstić information content (AvgIpc) is 2.26. The van der Waals surface area contributed by atoms with Gasteiger partial charge >= 0.3 is 18.0 Å². The number of alkyl halides is 5. The molecule has 1 heterocycles. The van der Waals surface area contributed by atoms with E-state index in [0.717, 1.165) is 18.4 Å². The van der Waals surface area contributed by atoms with Gasteiger partial charge in [0.15, 0.2) is 14.9 Å². The predicted molar refractivity (Wildman–Crippen MR) is 57.0 cm³/mol. The third-order valence-electron chi connectivity index (χ3n) is 2.02. The van der Waals surface area contributed by atoms with Crippen molar-refractivity contribution in [2.45, 2.75) is 17.1 Å². The van der Waals surface area contributed by atoms with Crippen molar-refractivity contribution in [2.75, 3.05) is 11.6 Å². The number of sulfone groups is 1. The molecule has 1 rings (SSSR count). The fourth-order valence-electron chi connectivity index (χ4n) is 1.01. The zero-order valence-corrected chi connectivity index (χ0v) is 10.5. The quantitative estimate of drug-likeness (QED) is 0.859. The summed E-state index contributed by atoms with van der Waals surface area (Å²) >= 11 is 0. The summed E-state index contributed by atoms with van der Waals surface area (Å²) in [4.78, 5) is 14.2. The van der Waals surface area contributed by atoms with Gasteiger partial charge in [0.1, 0.15) is 0 Å². The molecule has 0 aliphatic rings. The lowest BCUT2D eigenvalue weighted by atomic mass is 10.3. The molecule has 20 heavy (non-hydrogen) atoms. The molecule has 0 unspecified atom stereocenters. The number of hydrogen-bond donors (Lipinski definition) is 1. The fraction of sp³-hybridized carbons (Fsp3) is 0.333. The van der Waals surface area contributed by atoms with E-state index < -0.39 is 38.6 Å². The molecule has 1 aromatic rings. The molecule has 0 aliphatic heterocycles. The second-order valence-electron chi connectivity index (χ2n) is 3.68. The second kappa shape index (κ2) is 4.96. The molecule has 0 aromatic carbocycles. The maximum atomic E-state index is 12.6. The first-order chi connectivity index (χ1) is 8.85. The molecule has 0 atom stereocenters. The summed E-state index contributed by atoms with van der Waals surface area (Å²) in [6, 6.07) is 1.70. The molecule has 0 spiro atoms. The zero-order chi connectivity index (χ0) is 15.8. The Labute approximate surface area is 109 Å². The van der Waals surface area contributed by atoms with Gasteiger partial charge in [0.25, 0.3) is 0 Å². The Morgan fingerprint density at radius 1 is 1.20 bits per heavy atom. The molecule has 1 N–H and O–H groups in total. The van der Waals surface area contributed by atoms with E-state index in [9.17, 15) is 35.2 Å². The Morgan fingerprint density at radius 3 is 2.10 bits per heavy atom. The minimum atomic E-state index is -6.03. The van der Waals surface area contributed by atoms with Crippen molar-refractivity contribution < 1.29 is 35.2 Å². The average molecular weight is 318 g/mol. The van der Waals surface area contributed by atoms with Crippen LogP contribution in [0.1, 0.15) is 0 Å². The molecule has 112 valence electrons. The number of carbonyl (C=O) groups excluding carboxylic acids is 1. The van der Waals surface area contributed by atoms with Gasteiger partial charge in [-0.25, -0.2) is 13.4 Å². The molecule has 1 aromatic heterocycles. The maximum Gasteiger partial charge on any atom is 0.463 e. The second-order valence-corrected chi connectivity index (χ2v) is 5.65. The summed E-state index contributed by atoms with van der Waals surface area (Å²) in [7, 11) is -3.65. The van der Waals surface area contributed by atoms with Crippen molar-refractivity contribution >= 4 is 21.4 Å². The molecular weight excluding hydrogens is 311 g/mol. The van der Waals surface area contributed by atoms with E-state index >= 15 is 0 Å². The van der Waals surface area contributed by atoms with Crippen LogP contribution in [-0.4, -0.2) is 37.7 Å². The van der Waals surface area contributed by atoms with E-state index in [-0.39, 0.29) is 0 Å². The van der Waals surface area contributed by atoms with Crippen LogP contribution in [0.3, 0.4) is 0 Å². The Morgan fingerprint density at radius 2 is 1.75 bits per heavy atom. The van der Waals surface area contributed by atoms with E-state index in [0.29, 0.717) is 6.20 Å². The summed E-state index contributed by atoms with van der Waals surface area (Å²) in [6.45, 7) is 0. The SMILES string of the molecule is CS(=O)(=O)c1ccc(NC(=O)C(F)(F)C(F)(F)F)cn1. The van der Waals surface area contributed by atoms with E-state index in [2.05, 4.69) is 4.98 Å². The van der Waals surface area contributed by atoms with Crippen molar-refractivity contribution in [3.8, 4) is 0 Å². The number of anilines is 1. The molecule has 0 fully saturated rings. The zero-order valence-electron chi connectivity index (χ0n) is 9.70. The Bertz CT molecular complexity index is 609. The standard InChI is InChI=1S/C9H7F5N2O3S/c1-20(18,19)6-3-2-5(4-15-6)16-7(17)8(10,11)9(12,13)14/h2-4H,1H3,(H,16,17). The highest BCUT2D eigenvalue weighted by Gasteiger charge is 2.63. The minimum absolute atomic E-state index is 0.418. The van der Waals surface area contributed by atoms with Crippen LogP contribution in [0.15, 0.2) is 23.4 Å². The lowest BCUT2D eigenvalue weighted by Crippen LogP contribution is -2.47. The van der Waals surface area contributed by atoms with Crippen molar-refractivity contribution in [1.82, 2.24) is 4.98 Å². The van der Waals surface area contributed by atoms with Crippen LogP contribution >= 0.6 is 0 Å². The molecule has 0 bridgehead atoms. The normalized spacial score (nSPS) is 13.1. The smallest absolute Gasteiger partial charge is 0.319 e. The number of aromatic nitrogens is 1.